The van der Waals surface area contributed by atoms with Crippen LogP contribution >= 0.6 is 0 Å². The molecule has 0 radical (unpaired) electrons. The normalized spacial score (nSPS) is 20.4. The first-order chi connectivity index (χ1) is 12.4. The van der Waals surface area contributed by atoms with E-state index in [2.05, 4.69) is 22.0 Å². The van der Waals surface area contributed by atoms with Crippen molar-refractivity contribution in [2.24, 2.45) is 0 Å². The maximum Gasteiger partial charge on any atom is 0.161 e. The van der Waals surface area contributed by atoms with Crippen LogP contribution in [0, 0.1) is 0 Å². The van der Waals surface area contributed by atoms with Crippen molar-refractivity contribution >= 4 is 0 Å². The Kier molecular flexibility index (Phi) is 5.14. The summed E-state index contributed by atoms with van der Waals surface area (Å²) in [6.45, 7) is 4.83. The Hall–Kier alpha value is -2.11. The van der Waals surface area contributed by atoms with Crippen molar-refractivity contribution in [1.29, 1.82) is 0 Å². The van der Waals surface area contributed by atoms with Crippen LogP contribution in [-0.2, 0) is 17.9 Å². The number of ether oxygens (including phenoxy) is 3. The molecule has 132 valence electrons. The molecule has 2 aromatic rings. The summed E-state index contributed by atoms with van der Waals surface area (Å²) in [7, 11) is 0. The highest BCUT2D eigenvalue weighted by molar-refractivity contribution is 5.43. The SMILES string of the molecule is c1ccc(CO[C@H]2CCCN(Cc3ccc4c(c3)OCCO4)C2)nc1. The lowest BCUT2D eigenvalue weighted by Crippen LogP contribution is -2.39. The van der Waals surface area contributed by atoms with Crippen LogP contribution in [-0.4, -0.2) is 42.3 Å². The van der Waals surface area contributed by atoms with Crippen molar-refractivity contribution in [3.8, 4) is 11.5 Å². The number of pyridine rings is 1. The second-order valence-electron chi connectivity index (χ2n) is 6.61. The molecule has 0 saturated carbocycles. The van der Waals surface area contributed by atoms with Gasteiger partial charge in [0.1, 0.15) is 13.2 Å². The summed E-state index contributed by atoms with van der Waals surface area (Å²) in [5, 5.41) is 0. The standard InChI is InChI=1S/C20H24N2O3/c1-2-8-21-17(4-1)15-25-18-5-3-9-22(14-18)13-16-6-7-19-20(12-16)24-11-10-23-19/h1-2,4,6-8,12,18H,3,5,9-11,13-15H2/t18-/m0/s1. The lowest BCUT2D eigenvalue weighted by Gasteiger charge is -2.32. The van der Waals surface area contributed by atoms with E-state index in [1.54, 1.807) is 0 Å². The van der Waals surface area contributed by atoms with Gasteiger partial charge in [-0.15, -0.1) is 0 Å². The molecule has 5 heteroatoms. The molecule has 1 atom stereocenters. The number of benzene rings is 1. The average molecular weight is 340 g/mol. The predicted octanol–water partition coefficient (Wildman–Crippen LogP) is 3.03. The number of rotatable bonds is 5. The maximum absolute atomic E-state index is 6.08. The van der Waals surface area contributed by atoms with E-state index in [1.807, 2.05) is 30.5 Å². The van der Waals surface area contributed by atoms with Crippen LogP contribution in [0.3, 0.4) is 0 Å². The Balaban J connectivity index is 1.32. The molecular weight excluding hydrogens is 316 g/mol. The van der Waals surface area contributed by atoms with Gasteiger partial charge >= 0.3 is 0 Å². The van der Waals surface area contributed by atoms with Crippen LogP contribution in [0.1, 0.15) is 24.1 Å². The zero-order valence-electron chi connectivity index (χ0n) is 14.4. The first kappa shape index (κ1) is 16.4. The fourth-order valence-electron chi connectivity index (χ4n) is 3.42. The number of hydrogen-bond acceptors (Lipinski definition) is 5. The average Bonchev–Trinajstić information content (AvgIpc) is 2.67. The van der Waals surface area contributed by atoms with Crippen molar-refractivity contribution in [1.82, 2.24) is 9.88 Å². The third kappa shape index (κ3) is 4.30. The molecule has 4 rings (SSSR count). The van der Waals surface area contributed by atoms with Crippen LogP contribution in [0.15, 0.2) is 42.6 Å². The number of likely N-dealkylation sites (tertiary alicyclic amines) is 1. The number of aromatic nitrogens is 1. The first-order valence-electron chi connectivity index (χ1n) is 8.99. The Labute approximate surface area is 148 Å². The number of piperidine rings is 1. The number of hydrogen-bond donors (Lipinski definition) is 0. The highest BCUT2D eigenvalue weighted by Gasteiger charge is 2.21. The van der Waals surface area contributed by atoms with Crippen molar-refractivity contribution in [2.45, 2.75) is 32.1 Å². The van der Waals surface area contributed by atoms with E-state index < -0.39 is 0 Å². The van der Waals surface area contributed by atoms with Gasteiger partial charge in [-0.2, -0.15) is 0 Å². The topological polar surface area (TPSA) is 43.8 Å². The van der Waals surface area contributed by atoms with E-state index in [-0.39, 0.29) is 6.10 Å². The van der Waals surface area contributed by atoms with Crippen molar-refractivity contribution in [3.63, 3.8) is 0 Å². The molecule has 0 unspecified atom stereocenters. The maximum atomic E-state index is 6.08. The van der Waals surface area contributed by atoms with Crippen LogP contribution in [0.5, 0.6) is 11.5 Å². The minimum absolute atomic E-state index is 0.271. The van der Waals surface area contributed by atoms with Gasteiger partial charge in [0.25, 0.3) is 0 Å². The van der Waals surface area contributed by atoms with E-state index in [9.17, 15) is 0 Å². The minimum atomic E-state index is 0.271. The van der Waals surface area contributed by atoms with Crippen LogP contribution < -0.4 is 9.47 Å². The molecule has 2 aliphatic rings. The molecule has 1 fully saturated rings. The Bertz CT molecular complexity index is 693. The van der Waals surface area contributed by atoms with Gasteiger partial charge in [0.2, 0.25) is 0 Å². The minimum Gasteiger partial charge on any atom is -0.486 e. The van der Waals surface area contributed by atoms with E-state index >= 15 is 0 Å². The van der Waals surface area contributed by atoms with Crippen molar-refractivity contribution in [2.75, 3.05) is 26.3 Å². The second kappa shape index (κ2) is 7.85. The van der Waals surface area contributed by atoms with E-state index in [0.717, 1.165) is 49.7 Å². The molecule has 0 amide bonds. The largest absolute Gasteiger partial charge is 0.486 e. The van der Waals surface area contributed by atoms with Gasteiger partial charge in [0.15, 0.2) is 11.5 Å². The molecule has 1 saturated heterocycles. The van der Waals surface area contributed by atoms with Gasteiger partial charge in [0.05, 0.1) is 18.4 Å². The second-order valence-corrected chi connectivity index (χ2v) is 6.61. The molecule has 2 aliphatic heterocycles. The molecule has 1 aromatic carbocycles. The molecule has 0 N–H and O–H groups in total. The monoisotopic (exact) mass is 340 g/mol. The third-order valence-electron chi connectivity index (χ3n) is 4.67. The number of fused-ring (bicyclic) bond motifs is 1. The van der Waals surface area contributed by atoms with Crippen molar-refractivity contribution in [3.05, 3.63) is 53.9 Å². The Morgan fingerprint density at radius 2 is 2.04 bits per heavy atom. The highest BCUT2D eigenvalue weighted by atomic mass is 16.6. The summed E-state index contributed by atoms with van der Waals surface area (Å²) in [6.07, 6.45) is 4.36. The number of nitrogens with zero attached hydrogens (tertiary/aromatic N) is 2. The molecule has 0 bridgehead atoms. The van der Waals surface area contributed by atoms with Gasteiger partial charge in [-0.1, -0.05) is 12.1 Å². The lowest BCUT2D eigenvalue weighted by molar-refractivity contribution is -0.0132. The Morgan fingerprint density at radius 3 is 2.92 bits per heavy atom. The molecule has 0 spiro atoms. The summed E-state index contributed by atoms with van der Waals surface area (Å²) >= 11 is 0. The molecular formula is C20H24N2O3. The summed E-state index contributed by atoms with van der Waals surface area (Å²) < 4.78 is 17.4. The molecule has 25 heavy (non-hydrogen) atoms. The quantitative estimate of drug-likeness (QED) is 0.837. The highest BCUT2D eigenvalue weighted by Crippen LogP contribution is 2.31. The molecule has 0 aliphatic carbocycles. The van der Waals surface area contributed by atoms with Gasteiger partial charge < -0.3 is 14.2 Å². The molecule has 1 aromatic heterocycles. The smallest absolute Gasteiger partial charge is 0.161 e. The zero-order chi connectivity index (χ0) is 16.9. The third-order valence-corrected chi connectivity index (χ3v) is 4.67. The van der Waals surface area contributed by atoms with E-state index in [0.29, 0.717) is 19.8 Å². The van der Waals surface area contributed by atoms with Crippen LogP contribution in [0.4, 0.5) is 0 Å². The van der Waals surface area contributed by atoms with Gasteiger partial charge in [0, 0.05) is 19.3 Å². The summed E-state index contributed by atoms with van der Waals surface area (Å²) in [5.74, 6) is 1.72. The first-order valence-corrected chi connectivity index (χ1v) is 8.99. The molecule has 5 nitrogen and oxygen atoms in total. The van der Waals surface area contributed by atoms with Crippen molar-refractivity contribution < 1.29 is 14.2 Å². The Morgan fingerprint density at radius 1 is 1.12 bits per heavy atom. The van der Waals surface area contributed by atoms with Crippen LogP contribution in [0.2, 0.25) is 0 Å². The van der Waals surface area contributed by atoms with Gasteiger partial charge in [-0.05, 0) is 49.2 Å². The zero-order valence-corrected chi connectivity index (χ0v) is 14.4. The summed E-state index contributed by atoms with van der Waals surface area (Å²) in [4.78, 5) is 6.78. The fraction of sp³-hybridized carbons (Fsp3) is 0.450. The van der Waals surface area contributed by atoms with E-state index in [1.165, 1.54) is 5.56 Å². The van der Waals surface area contributed by atoms with Crippen LogP contribution in [0.25, 0.3) is 0 Å². The van der Waals surface area contributed by atoms with Gasteiger partial charge in [-0.3, -0.25) is 9.88 Å². The predicted molar refractivity (Wildman–Crippen MR) is 94.8 cm³/mol. The summed E-state index contributed by atoms with van der Waals surface area (Å²) in [6, 6.07) is 12.2. The lowest BCUT2D eigenvalue weighted by atomic mass is 10.1. The summed E-state index contributed by atoms with van der Waals surface area (Å²) in [5.41, 5.74) is 2.25. The fourth-order valence-corrected chi connectivity index (χ4v) is 3.42. The molecule has 3 heterocycles. The van der Waals surface area contributed by atoms with E-state index in [4.69, 9.17) is 14.2 Å². The van der Waals surface area contributed by atoms with Gasteiger partial charge in [-0.25, -0.2) is 0 Å².